The number of rotatable bonds is 7. The van der Waals surface area contributed by atoms with E-state index in [2.05, 4.69) is 43.3 Å². The van der Waals surface area contributed by atoms with Crippen molar-refractivity contribution in [2.45, 2.75) is 53.0 Å². The third-order valence-electron chi connectivity index (χ3n) is 2.98. The molecule has 5 nitrogen and oxygen atoms in total. The summed E-state index contributed by atoms with van der Waals surface area (Å²) in [6.07, 6.45) is 2.42. The van der Waals surface area contributed by atoms with Crippen LogP contribution in [0.3, 0.4) is 0 Å². The fraction of sp³-hybridized carbons (Fsp3) is 0.733. The van der Waals surface area contributed by atoms with Crippen molar-refractivity contribution in [3.8, 4) is 0 Å². The second-order valence-corrected chi connectivity index (χ2v) is 7.32. The van der Waals surface area contributed by atoms with Crippen molar-refractivity contribution in [1.82, 2.24) is 15.6 Å². The van der Waals surface area contributed by atoms with Crippen LogP contribution in [0.15, 0.2) is 5.38 Å². The van der Waals surface area contributed by atoms with Crippen LogP contribution in [0.2, 0.25) is 0 Å². The summed E-state index contributed by atoms with van der Waals surface area (Å²) in [7, 11) is 0. The van der Waals surface area contributed by atoms with E-state index < -0.39 is 0 Å². The van der Waals surface area contributed by atoms with Gasteiger partial charge in [-0.1, -0.05) is 27.7 Å². The van der Waals surface area contributed by atoms with Crippen molar-refractivity contribution in [3.05, 3.63) is 16.1 Å². The minimum Gasteiger partial charge on any atom is -0.394 e. The van der Waals surface area contributed by atoms with Crippen LogP contribution in [-0.4, -0.2) is 35.3 Å². The van der Waals surface area contributed by atoms with Crippen LogP contribution < -0.4 is 10.6 Å². The van der Waals surface area contributed by atoms with E-state index in [-0.39, 0.29) is 24.1 Å². The number of urea groups is 1. The van der Waals surface area contributed by atoms with Gasteiger partial charge in [-0.2, -0.15) is 0 Å². The predicted molar refractivity (Wildman–Crippen MR) is 86.7 cm³/mol. The van der Waals surface area contributed by atoms with Gasteiger partial charge in [-0.3, -0.25) is 0 Å². The molecule has 3 N–H and O–H groups in total. The normalized spacial score (nSPS) is 13.0. The molecule has 0 spiro atoms. The van der Waals surface area contributed by atoms with E-state index in [9.17, 15) is 9.90 Å². The molecule has 6 heteroatoms. The van der Waals surface area contributed by atoms with Crippen LogP contribution in [-0.2, 0) is 12.8 Å². The number of nitrogens with zero attached hydrogens (tertiary/aromatic N) is 1. The Balaban J connectivity index is 2.29. The molecule has 0 radical (unpaired) electrons. The summed E-state index contributed by atoms with van der Waals surface area (Å²) in [6.45, 7) is 8.84. The Morgan fingerprint density at radius 2 is 2.19 bits per heavy atom. The summed E-state index contributed by atoms with van der Waals surface area (Å²) >= 11 is 1.66. The van der Waals surface area contributed by atoms with Crippen LogP contribution in [0, 0.1) is 5.41 Å². The van der Waals surface area contributed by atoms with E-state index in [1.807, 2.05) is 5.38 Å². The van der Waals surface area contributed by atoms with E-state index in [4.69, 9.17) is 0 Å². The summed E-state index contributed by atoms with van der Waals surface area (Å²) in [6, 6.07) is -0.444. The van der Waals surface area contributed by atoms with Gasteiger partial charge in [0.15, 0.2) is 0 Å². The van der Waals surface area contributed by atoms with Crippen LogP contribution in [0.25, 0.3) is 0 Å². The molecule has 1 aromatic heterocycles. The van der Waals surface area contributed by atoms with Gasteiger partial charge in [0.2, 0.25) is 0 Å². The third kappa shape index (κ3) is 7.43. The van der Waals surface area contributed by atoms with Gasteiger partial charge >= 0.3 is 6.03 Å². The van der Waals surface area contributed by atoms with E-state index in [1.54, 1.807) is 11.3 Å². The van der Waals surface area contributed by atoms with Gasteiger partial charge in [0.25, 0.3) is 0 Å². The third-order valence-corrected chi connectivity index (χ3v) is 4.02. The lowest BCUT2D eigenvalue weighted by Crippen LogP contribution is -2.45. The monoisotopic (exact) mass is 313 g/mol. The highest BCUT2D eigenvalue weighted by Gasteiger charge is 2.19. The van der Waals surface area contributed by atoms with Gasteiger partial charge in [-0.15, -0.1) is 11.3 Å². The molecule has 0 saturated heterocycles. The predicted octanol–water partition coefficient (Wildman–Crippen LogP) is 2.34. The highest BCUT2D eigenvalue weighted by molar-refractivity contribution is 7.09. The Bertz CT molecular complexity index is 440. The largest absolute Gasteiger partial charge is 0.394 e. The quantitative estimate of drug-likeness (QED) is 0.723. The number of carbonyl (C=O) groups excluding carboxylic acids is 1. The molecule has 0 saturated carbocycles. The van der Waals surface area contributed by atoms with Gasteiger partial charge < -0.3 is 15.7 Å². The molecule has 0 aliphatic carbocycles. The minimum atomic E-state index is -0.232. The fourth-order valence-corrected chi connectivity index (χ4v) is 2.85. The van der Waals surface area contributed by atoms with Crippen molar-refractivity contribution in [2.75, 3.05) is 13.2 Å². The fourth-order valence-electron chi connectivity index (χ4n) is 2.07. The van der Waals surface area contributed by atoms with Crippen LogP contribution in [0.5, 0.6) is 0 Å². The van der Waals surface area contributed by atoms with Crippen molar-refractivity contribution >= 4 is 17.4 Å². The number of hydrogen-bond acceptors (Lipinski definition) is 4. The first-order valence-electron chi connectivity index (χ1n) is 7.42. The van der Waals surface area contributed by atoms with E-state index in [1.165, 1.54) is 0 Å². The summed E-state index contributed by atoms with van der Waals surface area (Å²) in [4.78, 5) is 16.3. The first-order valence-corrected chi connectivity index (χ1v) is 8.30. The smallest absolute Gasteiger partial charge is 0.315 e. The second-order valence-electron chi connectivity index (χ2n) is 6.38. The Hall–Kier alpha value is -1.14. The highest BCUT2D eigenvalue weighted by Crippen LogP contribution is 2.20. The maximum Gasteiger partial charge on any atom is 0.315 e. The Labute approximate surface area is 131 Å². The lowest BCUT2D eigenvalue weighted by Gasteiger charge is -2.25. The number of aromatic nitrogens is 1. The van der Waals surface area contributed by atoms with Crippen LogP contribution >= 0.6 is 11.3 Å². The van der Waals surface area contributed by atoms with E-state index in [0.717, 1.165) is 30.0 Å². The minimum absolute atomic E-state index is 0.0450. The zero-order chi connectivity index (χ0) is 15.9. The Morgan fingerprint density at radius 1 is 1.48 bits per heavy atom. The number of aliphatic hydroxyl groups is 1. The average Bonchev–Trinajstić information content (AvgIpc) is 2.84. The summed E-state index contributed by atoms with van der Waals surface area (Å²) in [5.74, 6) is 0. The molecule has 1 heterocycles. The van der Waals surface area contributed by atoms with Crippen molar-refractivity contribution < 1.29 is 9.90 Å². The average molecular weight is 313 g/mol. The van der Waals surface area contributed by atoms with Crippen LogP contribution in [0.1, 0.15) is 44.8 Å². The molecular formula is C15H27N3O2S. The zero-order valence-electron chi connectivity index (χ0n) is 13.4. The molecule has 120 valence electrons. The van der Waals surface area contributed by atoms with Gasteiger partial charge in [-0.05, 0) is 18.3 Å². The molecular weight excluding hydrogens is 286 g/mol. The van der Waals surface area contributed by atoms with Gasteiger partial charge in [-0.25, -0.2) is 9.78 Å². The number of amides is 2. The second kappa shape index (κ2) is 8.34. The molecule has 0 aliphatic heterocycles. The number of aliphatic hydroxyl groups excluding tert-OH is 1. The first-order chi connectivity index (χ1) is 9.84. The highest BCUT2D eigenvalue weighted by atomic mass is 32.1. The summed E-state index contributed by atoms with van der Waals surface area (Å²) in [5, 5.41) is 18.1. The number of thiazole rings is 1. The molecule has 0 aliphatic rings. The molecule has 0 fully saturated rings. The molecule has 1 atom stereocenters. The lowest BCUT2D eigenvalue weighted by molar-refractivity contribution is 0.191. The van der Waals surface area contributed by atoms with E-state index >= 15 is 0 Å². The zero-order valence-corrected chi connectivity index (χ0v) is 14.2. The maximum absolute atomic E-state index is 11.8. The first kappa shape index (κ1) is 17.9. The molecule has 21 heavy (non-hydrogen) atoms. The molecule has 0 bridgehead atoms. The number of nitrogens with one attached hydrogen (secondary N) is 2. The Kier molecular flexibility index (Phi) is 7.11. The standard InChI is InChI=1S/C15H27N3O2S/c1-5-13-17-11(10-21-13)6-7-16-14(20)18-12(9-19)8-15(2,3)4/h10,12,19H,5-9H2,1-4H3,(H2,16,18,20). The van der Waals surface area contributed by atoms with Gasteiger partial charge in [0.05, 0.1) is 23.4 Å². The number of hydrogen-bond donors (Lipinski definition) is 3. The Morgan fingerprint density at radius 3 is 2.71 bits per heavy atom. The van der Waals surface area contributed by atoms with E-state index in [0.29, 0.717) is 6.54 Å². The molecule has 1 aromatic rings. The van der Waals surface area contributed by atoms with Gasteiger partial charge in [0, 0.05) is 18.3 Å². The molecule has 1 unspecified atom stereocenters. The topological polar surface area (TPSA) is 74.2 Å². The van der Waals surface area contributed by atoms with Crippen LogP contribution in [0.4, 0.5) is 4.79 Å². The number of aryl methyl sites for hydroxylation is 1. The number of carbonyl (C=O) groups is 1. The SMILES string of the molecule is CCc1nc(CCNC(=O)NC(CO)CC(C)(C)C)cs1. The summed E-state index contributed by atoms with van der Waals surface area (Å²) < 4.78 is 0. The maximum atomic E-state index is 11.8. The summed E-state index contributed by atoms with van der Waals surface area (Å²) in [5.41, 5.74) is 1.09. The lowest BCUT2D eigenvalue weighted by atomic mass is 9.88. The molecule has 2 amide bonds. The molecule has 1 rings (SSSR count). The van der Waals surface area contributed by atoms with Gasteiger partial charge in [0.1, 0.15) is 0 Å². The van der Waals surface area contributed by atoms with Crippen molar-refractivity contribution in [2.24, 2.45) is 5.41 Å². The van der Waals surface area contributed by atoms with Crippen molar-refractivity contribution in [1.29, 1.82) is 0 Å². The van der Waals surface area contributed by atoms with Crippen molar-refractivity contribution in [3.63, 3.8) is 0 Å². The molecule has 0 aromatic carbocycles.